The second kappa shape index (κ2) is 7.85. The highest BCUT2D eigenvalue weighted by Crippen LogP contribution is 1.99. The van der Waals surface area contributed by atoms with Crippen LogP contribution in [0.4, 0.5) is 0 Å². The lowest BCUT2D eigenvalue weighted by molar-refractivity contribution is 0.131. The van der Waals surface area contributed by atoms with Gasteiger partial charge in [-0.2, -0.15) is 0 Å². The molecule has 1 rings (SSSR count). The van der Waals surface area contributed by atoms with Gasteiger partial charge in [-0.3, -0.25) is 4.99 Å². The molecule has 0 fully saturated rings. The summed E-state index contributed by atoms with van der Waals surface area (Å²) in [5.74, 6) is 1.27. The maximum atomic E-state index is 5.85. The molecule has 1 aromatic rings. The van der Waals surface area contributed by atoms with E-state index >= 15 is 0 Å². The molecule has 1 aromatic carbocycles. The summed E-state index contributed by atoms with van der Waals surface area (Å²) in [6, 6.07) is 9.79. The van der Waals surface area contributed by atoms with Crippen molar-refractivity contribution < 1.29 is 4.74 Å². The van der Waals surface area contributed by atoms with E-state index < -0.39 is 0 Å². The van der Waals surface area contributed by atoms with Gasteiger partial charge in [-0.25, -0.2) is 0 Å². The quantitative estimate of drug-likeness (QED) is 0.447. The van der Waals surface area contributed by atoms with Crippen LogP contribution in [0.15, 0.2) is 35.3 Å². The van der Waals surface area contributed by atoms with Gasteiger partial charge < -0.3 is 10.5 Å². The van der Waals surface area contributed by atoms with Crippen molar-refractivity contribution in [2.24, 2.45) is 16.6 Å². The third kappa shape index (κ3) is 6.07. The van der Waals surface area contributed by atoms with Gasteiger partial charge in [0, 0.05) is 12.2 Å². The zero-order chi connectivity index (χ0) is 12.5. The van der Waals surface area contributed by atoms with Crippen molar-refractivity contribution >= 4 is 5.84 Å². The molecule has 17 heavy (non-hydrogen) atoms. The summed E-state index contributed by atoms with van der Waals surface area (Å²) >= 11 is 0. The molecule has 0 amide bonds. The van der Waals surface area contributed by atoms with Gasteiger partial charge in [0.25, 0.3) is 0 Å². The van der Waals surface area contributed by atoms with Crippen LogP contribution < -0.4 is 5.73 Å². The van der Waals surface area contributed by atoms with Gasteiger partial charge in [-0.1, -0.05) is 44.2 Å². The van der Waals surface area contributed by atoms with E-state index in [1.165, 1.54) is 0 Å². The number of amidine groups is 1. The molecule has 0 aliphatic rings. The van der Waals surface area contributed by atoms with Gasteiger partial charge in [0.15, 0.2) is 0 Å². The van der Waals surface area contributed by atoms with Crippen molar-refractivity contribution in [3.05, 3.63) is 35.9 Å². The molecule has 0 aromatic heterocycles. The van der Waals surface area contributed by atoms with Crippen LogP contribution in [0.25, 0.3) is 0 Å². The lowest BCUT2D eigenvalue weighted by Crippen LogP contribution is -2.15. The monoisotopic (exact) mass is 234 g/mol. The van der Waals surface area contributed by atoms with Crippen molar-refractivity contribution in [2.75, 3.05) is 19.8 Å². The molecule has 0 aliphatic carbocycles. The Labute approximate surface area is 104 Å². The molecule has 0 heterocycles. The molecule has 0 aliphatic heterocycles. The Hall–Kier alpha value is -1.35. The third-order valence-electron chi connectivity index (χ3n) is 2.43. The normalized spacial score (nSPS) is 12.1. The Bertz CT molecular complexity index is 333. The second-order valence-electron chi connectivity index (χ2n) is 4.43. The van der Waals surface area contributed by atoms with Crippen molar-refractivity contribution in [3.8, 4) is 0 Å². The fourth-order valence-electron chi connectivity index (χ4n) is 1.35. The summed E-state index contributed by atoms with van der Waals surface area (Å²) < 4.78 is 5.47. The number of nitrogens with two attached hydrogens (primary N) is 1. The van der Waals surface area contributed by atoms with E-state index in [9.17, 15) is 0 Å². The minimum absolute atomic E-state index is 0.582. The lowest BCUT2D eigenvalue weighted by atomic mass is 10.1. The number of hydrogen-bond acceptors (Lipinski definition) is 2. The average Bonchev–Trinajstić information content (AvgIpc) is 2.34. The van der Waals surface area contributed by atoms with Crippen LogP contribution >= 0.6 is 0 Å². The first kappa shape index (κ1) is 13.7. The number of benzene rings is 1. The number of hydrogen-bond donors (Lipinski definition) is 1. The molecule has 0 radical (unpaired) electrons. The summed E-state index contributed by atoms with van der Waals surface area (Å²) in [7, 11) is 0. The highest BCUT2D eigenvalue weighted by molar-refractivity contribution is 5.97. The molecule has 3 nitrogen and oxygen atoms in total. The maximum Gasteiger partial charge on any atom is 0.125 e. The Morgan fingerprint density at radius 2 is 1.94 bits per heavy atom. The fraction of sp³-hybridized carbons (Fsp3) is 0.500. The second-order valence-corrected chi connectivity index (χ2v) is 4.43. The van der Waals surface area contributed by atoms with Crippen molar-refractivity contribution in [2.45, 2.75) is 20.3 Å². The molecule has 94 valence electrons. The SMILES string of the molecule is CC(C)CCOCCN=C(N)c1ccccc1. The van der Waals surface area contributed by atoms with Gasteiger partial charge >= 0.3 is 0 Å². The minimum atomic E-state index is 0.582. The molecule has 0 spiro atoms. The topological polar surface area (TPSA) is 47.6 Å². The number of nitrogens with zero attached hydrogens (tertiary/aromatic N) is 1. The molecule has 3 heteroatoms. The van der Waals surface area contributed by atoms with Crippen molar-refractivity contribution in [1.29, 1.82) is 0 Å². The van der Waals surface area contributed by atoms with Crippen LogP contribution in [0.2, 0.25) is 0 Å². The van der Waals surface area contributed by atoms with Crippen LogP contribution in [0, 0.1) is 5.92 Å². The first-order valence-electron chi connectivity index (χ1n) is 6.13. The van der Waals surface area contributed by atoms with E-state index in [1.54, 1.807) is 0 Å². The summed E-state index contributed by atoms with van der Waals surface area (Å²) in [6.07, 6.45) is 1.10. The summed E-state index contributed by atoms with van der Waals surface area (Å²) in [5.41, 5.74) is 6.82. The molecule has 0 unspecified atom stereocenters. The van der Waals surface area contributed by atoms with E-state index in [0.29, 0.717) is 24.9 Å². The summed E-state index contributed by atoms with van der Waals surface area (Å²) in [6.45, 7) is 6.45. The van der Waals surface area contributed by atoms with E-state index in [-0.39, 0.29) is 0 Å². The van der Waals surface area contributed by atoms with Crippen LogP contribution in [-0.2, 0) is 4.74 Å². The lowest BCUT2D eigenvalue weighted by Gasteiger charge is -2.05. The molecule has 0 bridgehead atoms. The average molecular weight is 234 g/mol. The highest BCUT2D eigenvalue weighted by Gasteiger charge is 1.96. The van der Waals surface area contributed by atoms with Gasteiger partial charge in [0.2, 0.25) is 0 Å². The standard InChI is InChI=1S/C14H22N2O/c1-12(2)8-10-17-11-9-16-14(15)13-6-4-3-5-7-13/h3-7,12H,8-11H2,1-2H3,(H2,15,16). The molecule has 0 atom stereocenters. The van der Waals surface area contributed by atoms with Gasteiger partial charge in [-0.05, 0) is 12.3 Å². The Kier molecular flexibility index (Phi) is 6.33. The zero-order valence-corrected chi connectivity index (χ0v) is 10.7. The predicted octanol–water partition coefficient (Wildman–Crippen LogP) is 2.45. The molecule has 2 N–H and O–H groups in total. The number of ether oxygens (including phenoxy) is 1. The van der Waals surface area contributed by atoms with Crippen LogP contribution in [-0.4, -0.2) is 25.6 Å². The maximum absolute atomic E-state index is 5.85. The Balaban J connectivity index is 2.21. The van der Waals surface area contributed by atoms with Gasteiger partial charge in [-0.15, -0.1) is 0 Å². The van der Waals surface area contributed by atoms with E-state index in [4.69, 9.17) is 10.5 Å². The van der Waals surface area contributed by atoms with Crippen molar-refractivity contribution in [3.63, 3.8) is 0 Å². The van der Waals surface area contributed by atoms with Crippen LogP contribution in [0.3, 0.4) is 0 Å². The van der Waals surface area contributed by atoms with Crippen LogP contribution in [0.5, 0.6) is 0 Å². The third-order valence-corrected chi connectivity index (χ3v) is 2.43. The first-order valence-corrected chi connectivity index (χ1v) is 6.13. The first-order chi connectivity index (χ1) is 8.20. The highest BCUT2D eigenvalue weighted by atomic mass is 16.5. The predicted molar refractivity (Wildman–Crippen MR) is 72.3 cm³/mol. The van der Waals surface area contributed by atoms with Gasteiger partial charge in [0.05, 0.1) is 13.2 Å². The van der Waals surface area contributed by atoms with Crippen LogP contribution in [0.1, 0.15) is 25.8 Å². The van der Waals surface area contributed by atoms with E-state index in [1.807, 2.05) is 30.3 Å². The molecular formula is C14H22N2O. The number of rotatable bonds is 7. The Morgan fingerprint density at radius 1 is 1.24 bits per heavy atom. The molecule has 0 saturated heterocycles. The fourth-order valence-corrected chi connectivity index (χ4v) is 1.35. The molecule has 0 saturated carbocycles. The number of aliphatic imine (C=N–C) groups is 1. The zero-order valence-electron chi connectivity index (χ0n) is 10.7. The largest absolute Gasteiger partial charge is 0.384 e. The smallest absolute Gasteiger partial charge is 0.125 e. The van der Waals surface area contributed by atoms with E-state index in [0.717, 1.165) is 18.6 Å². The van der Waals surface area contributed by atoms with Crippen molar-refractivity contribution in [1.82, 2.24) is 0 Å². The van der Waals surface area contributed by atoms with E-state index in [2.05, 4.69) is 18.8 Å². The Morgan fingerprint density at radius 3 is 2.59 bits per heavy atom. The summed E-state index contributed by atoms with van der Waals surface area (Å²) in [5, 5.41) is 0. The minimum Gasteiger partial charge on any atom is -0.384 e. The van der Waals surface area contributed by atoms with Gasteiger partial charge in [0.1, 0.15) is 5.84 Å². The summed E-state index contributed by atoms with van der Waals surface area (Å²) in [4.78, 5) is 4.28. The molecular weight excluding hydrogens is 212 g/mol.